The van der Waals surface area contributed by atoms with Crippen LogP contribution in [0.4, 0.5) is 0 Å². The van der Waals surface area contributed by atoms with Crippen molar-refractivity contribution in [3.8, 4) is 0 Å². The molecule has 23 heavy (non-hydrogen) atoms. The number of likely N-dealkylation sites (tertiary alicyclic amines) is 1. The molecule has 3 rings (SSSR count). The van der Waals surface area contributed by atoms with Crippen LogP contribution in [-0.2, 0) is 6.42 Å². The number of aryl methyl sites for hydroxylation is 1. The van der Waals surface area contributed by atoms with E-state index in [9.17, 15) is 9.59 Å². The second-order valence-electron chi connectivity index (χ2n) is 5.63. The predicted octanol–water partition coefficient (Wildman–Crippen LogP) is 3.02. The van der Waals surface area contributed by atoms with Gasteiger partial charge in [-0.2, -0.15) is 0 Å². The minimum atomic E-state index is -1.10. The van der Waals surface area contributed by atoms with Crippen LogP contribution in [0.2, 0.25) is 0 Å². The molecule has 1 unspecified atom stereocenters. The molecule has 1 saturated heterocycles. The van der Waals surface area contributed by atoms with E-state index in [1.807, 2.05) is 0 Å². The molecule has 1 fully saturated rings. The van der Waals surface area contributed by atoms with E-state index in [1.165, 1.54) is 6.07 Å². The Kier molecular flexibility index (Phi) is 4.47. The zero-order chi connectivity index (χ0) is 16.4. The van der Waals surface area contributed by atoms with Crippen molar-refractivity contribution in [3.05, 3.63) is 39.7 Å². The Labute approximate surface area is 137 Å². The van der Waals surface area contributed by atoms with Crippen LogP contribution in [0.5, 0.6) is 0 Å². The van der Waals surface area contributed by atoms with Crippen LogP contribution < -0.4 is 0 Å². The predicted molar refractivity (Wildman–Crippen MR) is 85.0 cm³/mol. The van der Waals surface area contributed by atoms with Crippen LogP contribution in [0, 0.1) is 0 Å². The molecule has 0 radical (unpaired) electrons. The van der Waals surface area contributed by atoms with Crippen molar-refractivity contribution in [2.75, 3.05) is 13.1 Å². The number of amides is 1. The van der Waals surface area contributed by atoms with Crippen molar-refractivity contribution in [2.24, 2.45) is 0 Å². The lowest BCUT2D eigenvalue weighted by atomic mass is 9.98. The first-order valence-corrected chi connectivity index (χ1v) is 8.51. The second-order valence-corrected chi connectivity index (χ2v) is 6.52. The van der Waals surface area contributed by atoms with Gasteiger partial charge in [-0.05, 0) is 19.3 Å². The summed E-state index contributed by atoms with van der Waals surface area (Å²) < 4.78 is 5.12. The highest BCUT2D eigenvalue weighted by atomic mass is 32.1. The number of carbonyl (C=O) groups is 2. The molecule has 1 amide bonds. The standard InChI is InChI=1S/C16H18N2O4S/c1-2-12-9-23-14(17-12)10-4-3-5-18(7-10)15(19)13-6-11(8-22-13)16(20)21/h6,8-10H,2-5,7H2,1H3,(H,20,21). The van der Waals surface area contributed by atoms with Crippen molar-refractivity contribution in [3.63, 3.8) is 0 Å². The number of furan rings is 1. The Morgan fingerprint density at radius 2 is 2.35 bits per heavy atom. The number of aromatic nitrogens is 1. The molecule has 1 aliphatic rings. The van der Waals surface area contributed by atoms with Gasteiger partial charge in [0.1, 0.15) is 6.26 Å². The van der Waals surface area contributed by atoms with Gasteiger partial charge in [-0.3, -0.25) is 4.79 Å². The number of carboxylic acids is 1. The van der Waals surface area contributed by atoms with Crippen LogP contribution in [-0.4, -0.2) is 40.0 Å². The summed E-state index contributed by atoms with van der Waals surface area (Å²) in [7, 11) is 0. The number of hydrogen-bond acceptors (Lipinski definition) is 5. The molecule has 0 aliphatic carbocycles. The largest absolute Gasteiger partial charge is 0.478 e. The van der Waals surface area contributed by atoms with E-state index in [1.54, 1.807) is 16.2 Å². The van der Waals surface area contributed by atoms with Crippen LogP contribution in [0.25, 0.3) is 0 Å². The Hall–Kier alpha value is -2.15. The molecule has 2 aromatic heterocycles. The number of carboxylic acid groups (broad SMARTS) is 1. The quantitative estimate of drug-likeness (QED) is 0.929. The average Bonchev–Trinajstić information content (AvgIpc) is 3.23. The molecule has 6 nitrogen and oxygen atoms in total. The molecular weight excluding hydrogens is 316 g/mol. The first-order valence-electron chi connectivity index (χ1n) is 7.64. The summed E-state index contributed by atoms with van der Waals surface area (Å²) >= 11 is 1.65. The number of carbonyl (C=O) groups excluding carboxylic acids is 1. The third-order valence-corrected chi connectivity index (χ3v) is 5.10. The van der Waals surface area contributed by atoms with E-state index in [0.717, 1.165) is 36.2 Å². The van der Waals surface area contributed by atoms with E-state index in [-0.39, 0.29) is 23.1 Å². The molecule has 0 aromatic carbocycles. The maximum absolute atomic E-state index is 12.5. The lowest BCUT2D eigenvalue weighted by molar-refractivity contribution is 0.0672. The van der Waals surface area contributed by atoms with Crippen LogP contribution in [0.15, 0.2) is 22.1 Å². The number of aromatic carboxylic acids is 1. The zero-order valence-corrected chi connectivity index (χ0v) is 13.6. The van der Waals surface area contributed by atoms with Gasteiger partial charge in [0.05, 0.1) is 16.3 Å². The van der Waals surface area contributed by atoms with Gasteiger partial charge in [0.15, 0.2) is 5.76 Å². The van der Waals surface area contributed by atoms with Crippen molar-refractivity contribution in [2.45, 2.75) is 32.1 Å². The number of hydrogen-bond donors (Lipinski definition) is 1. The van der Waals surface area contributed by atoms with E-state index < -0.39 is 5.97 Å². The summed E-state index contributed by atoms with van der Waals surface area (Å²) in [6.07, 6.45) is 3.94. The third kappa shape index (κ3) is 3.29. The smallest absolute Gasteiger partial charge is 0.338 e. The fraction of sp³-hybridized carbons (Fsp3) is 0.438. The molecule has 0 saturated carbocycles. The average molecular weight is 334 g/mol. The van der Waals surface area contributed by atoms with Gasteiger partial charge in [-0.1, -0.05) is 6.92 Å². The molecule has 122 valence electrons. The van der Waals surface area contributed by atoms with Gasteiger partial charge < -0.3 is 14.4 Å². The molecule has 2 aromatic rings. The normalized spacial score (nSPS) is 18.1. The molecule has 1 N–H and O–H groups in total. The van der Waals surface area contributed by atoms with Gasteiger partial charge in [0.2, 0.25) is 0 Å². The van der Waals surface area contributed by atoms with Gasteiger partial charge in [0.25, 0.3) is 5.91 Å². The third-order valence-electron chi connectivity index (χ3n) is 4.05. The molecule has 0 bridgehead atoms. The maximum Gasteiger partial charge on any atom is 0.338 e. The highest BCUT2D eigenvalue weighted by Crippen LogP contribution is 2.30. The topological polar surface area (TPSA) is 83.6 Å². The fourth-order valence-electron chi connectivity index (χ4n) is 2.75. The summed E-state index contributed by atoms with van der Waals surface area (Å²) in [5.41, 5.74) is 1.08. The van der Waals surface area contributed by atoms with Gasteiger partial charge in [-0.15, -0.1) is 11.3 Å². The van der Waals surface area contributed by atoms with Crippen LogP contribution in [0.3, 0.4) is 0 Å². The van der Waals surface area contributed by atoms with Gasteiger partial charge >= 0.3 is 5.97 Å². The Morgan fingerprint density at radius 3 is 3.00 bits per heavy atom. The van der Waals surface area contributed by atoms with Crippen molar-refractivity contribution in [1.82, 2.24) is 9.88 Å². The monoisotopic (exact) mass is 334 g/mol. The van der Waals surface area contributed by atoms with Crippen molar-refractivity contribution in [1.29, 1.82) is 0 Å². The summed E-state index contributed by atoms with van der Waals surface area (Å²) in [6, 6.07) is 1.28. The zero-order valence-electron chi connectivity index (χ0n) is 12.8. The number of nitrogens with zero attached hydrogens (tertiary/aromatic N) is 2. The Morgan fingerprint density at radius 1 is 1.52 bits per heavy atom. The second kappa shape index (κ2) is 6.54. The van der Waals surface area contributed by atoms with E-state index in [2.05, 4.69) is 17.3 Å². The van der Waals surface area contributed by atoms with E-state index in [0.29, 0.717) is 13.1 Å². The van der Waals surface area contributed by atoms with E-state index >= 15 is 0 Å². The lowest BCUT2D eigenvalue weighted by Gasteiger charge is -2.31. The Balaban J connectivity index is 1.72. The van der Waals surface area contributed by atoms with Gasteiger partial charge in [0, 0.05) is 30.5 Å². The summed E-state index contributed by atoms with van der Waals surface area (Å²) in [5, 5.41) is 12.1. The summed E-state index contributed by atoms with van der Waals surface area (Å²) in [6.45, 7) is 3.33. The summed E-state index contributed by atoms with van der Waals surface area (Å²) in [4.78, 5) is 29.7. The lowest BCUT2D eigenvalue weighted by Crippen LogP contribution is -2.39. The van der Waals surface area contributed by atoms with Crippen molar-refractivity contribution >= 4 is 23.2 Å². The summed E-state index contributed by atoms with van der Waals surface area (Å²) in [5.74, 6) is -1.03. The van der Waals surface area contributed by atoms with Gasteiger partial charge in [-0.25, -0.2) is 9.78 Å². The SMILES string of the molecule is CCc1csc(C2CCCN(C(=O)c3cc(C(=O)O)co3)C2)n1. The molecule has 1 atom stereocenters. The number of piperidine rings is 1. The molecule has 0 spiro atoms. The maximum atomic E-state index is 12.5. The highest BCUT2D eigenvalue weighted by Gasteiger charge is 2.29. The molecular formula is C16H18N2O4S. The van der Waals surface area contributed by atoms with Crippen LogP contribution in [0.1, 0.15) is 57.3 Å². The minimum Gasteiger partial charge on any atom is -0.478 e. The van der Waals surface area contributed by atoms with Crippen LogP contribution >= 0.6 is 11.3 Å². The molecule has 3 heterocycles. The highest BCUT2D eigenvalue weighted by molar-refractivity contribution is 7.09. The van der Waals surface area contributed by atoms with E-state index in [4.69, 9.17) is 9.52 Å². The minimum absolute atomic E-state index is 0.00517. The number of rotatable bonds is 4. The first-order chi connectivity index (χ1) is 11.1. The Bertz CT molecular complexity index is 721. The fourth-order valence-corrected chi connectivity index (χ4v) is 3.78. The first kappa shape index (κ1) is 15.7. The molecule has 1 aliphatic heterocycles. The number of thiazole rings is 1. The van der Waals surface area contributed by atoms with Crippen molar-refractivity contribution < 1.29 is 19.1 Å². The molecule has 7 heteroatoms.